The van der Waals surface area contributed by atoms with Gasteiger partial charge in [-0.1, -0.05) is 11.9 Å². The van der Waals surface area contributed by atoms with E-state index in [2.05, 4.69) is 31.0 Å². The molecule has 3 aromatic rings. The number of nitrogen functional groups attached to an aromatic ring is 1. The molecule has 0 saturated carbocycles. The van der Waals surface area contributed by atoms with E-state index in [1.165, 1.54) is 16.8 Å². The summed E-state index contributed by atoms with van der Waals surface area (Å²) in [7, 11) is 0. The van der Waals surface area contributed by atoms with Crippen LogP contribution in [0.2, 0.25) is 0 Å². The first-order valence-corrected chi connectivity index (χ1v) is 10.8. The largest absolute Gasteiger partial charge is 0.506 e. The number of carbonyl (C=O) groups excluding carboxylic acids is 1. The number of nitrogens with two attached hydrogens (primary N) is 1. The van der Waals surface area contributed by atoms with Gasteiger partial charge >= 0.3 is 0 Å². The van der Waals surface area contributed by atoms with Gasteiger partial charge in [0.1, 0.15) is 11.3 Å². The van der Waals surface area contributed by atoms with Crippen molar-refractivity contribution >= 4 is 41.1 Å². The van der Waals surface area contributed by atoms with E-state index in [4.69, 9.17) is 5.73 Å². The molecule has 1 aliphatic rings. The number of anilines is 2. The maximum Gasteiger partial charge on any atom is 0.261 e. The molecule has 10 heteroatoms. The van der Waals surface area contributed by atoms with Crippen LogP contribution in [-0.2, 0) is 0 Å². The Bertz CT molecular complexity index is 1090. The number of rotatable bonds is 5. The van der Waals surface area contributed by atoms with Crippen LogP contribution < -0.4 is 11.1 Å². The van der Waals surface area contributed by atoms with Gasteiger partial charge in [0.05, 0.1) is 17.9 Å². The molecule has 1 fully saturated rings. The van der Waals surface area contributed by atoms with Gasteiger partial charge in [0, 0.05) is 49.0 Å². The van der Waals surface area contributed by atoms with Gasteiger partial charge in [0.25, 0.3) is 5.91 Å². The molecule has 0 radical (unpaired) electrons. The lowest BCUT2D eigenvalue weighted by atomic mass is 10.1. The van der Waals surface area contributed by atoms with Crippen LogP contribution in [0, 0.1) is 0 Å². The smallest absolute Gasteiger partial charge is 0.261 e. The molecule has 1 amide bonds. The number of aromatic nitrogens is 3. The summed E-state index contributed by atoms with van der Waals surface area (Å²) in [5, 5.41) is 17.1. The molecule has 0 aliphatic carbocycles. The number of nitrogens with zero attached hydrogens (tertiary/aromatic N) is 5. The molecule has 156 valence electrons. The first-order chi connectivity index (χ1) is 14.5. The maximum atomic E-state index is 12.7. The molecule has 1 saturated heterocycles. The van der Waals surface area contributed by atoms with Crippen LogP contribution in [0.15, 0.2) is 41.8 Å². The van der Waals surface area contributed by atoms with Gasteiger partial charge < -0.3 is 16.2 Å². The number of nitrogens with one attached hydrogen (secondary N) is 1. The Balaban J connectivity index is 1.51. The van der Waals surface area contributed by atoms with Crippen LogP contribution in [0.1, 0.15) is 28.8 Å². The Morgan fingerprint density at radius 2 is 2.20 bits per heavy atom. The second-order valence-corrected chi connectivity index (χ2v) is 7.90. The molecule has 1 aliphatic heterocycles. The summed E-state index contributed by atoms with van der Waals surface area (Å²) in [6.07, 6.45) is 10.5. The lowest BCUT2D eigenvalue weighted by Gasteiger charge is -2.27. The summed E-state index contributed by atoms with van der Waals surface area (Å²) in [5.41, 5.74) is 8.09. The number of aliphatic imine (C=N–C) groups is 1. The van der Waals surface area contributed by atoms with E-state index >= 15 is 0 Å². The molecule has 9 nitrogen and oxygen atoms in total. The van der Waals surface area contributed by atoms with E-state index in [9.17, 15) is 9.90 Å². The first kappa shape index (κ1) is 20.2. The molecule has 4 rings (SSSR count). The highest BCUT2D eigenvalue weighted by Crippen LogP contribution is 2.29. The Labute approximate surface area is 178 Å². The monoisotopic (exact) mass is 425 g/mol. The third-order valence-corrected chi connectivity index (χ3v) is 5.96. The number of aromatic hydroxyl groups is 1. The molecule has 3 heterocycles. The van der Waals surface area contributed by atoms with Gasteiger partial charge in [-0.15, -0.1) is 0 Å². The van der Waals surface area contributed by atoms with Crippen molar-refractivity contribution in [1.82, 2.24) is 18.9 Å². The Morgan fingerprint density at radius 1 is 1.40 bits per heavy atom. The summed E-state index contributed by atoms with van der Waals surface area (Å²) in [6.45, 7) is 2.01. The van der Waals surface area contributed by atoms with E-state index < -0.39 is 5.91 Å². The number of benzene rings is 1. The minimum absolute atomic E-state index is 0.115. The summed E-state index contributed by atoms with van der Waals surface area (Å²) in [6, 6.07) is 5.01. The Hall–Kier alpha value is -3.11. The SMILES string of the molecule is CSN1CCC(N=Cc2cc(NC(=O)c3cnn4cccnc34)c(O)cc2N)CC1. The minimum atomic E-state index is -0.420. The Morgan fingerprint density at radius 3 is 2.97 bits per heavy atom. The van der Waals surface area contributed by atoms with Gasteiger partial charge in [0.15, 0.2) is 5.65 Å². The van der Waals surface area contributed by atoms with Crippen molar-refractivity contribution in [3.8, 4) is 5.75 Å². The fraction of sp³-hybridized carbons (Fsp3) is 0.300. The van der Waals surface area contributed by atoms with Crippen LogP contribution >= 0.6 is 11.9 Å². The van der Waals surface area contributed by atoms with Crippen LogP contribution in [-0.4, -0.2) is 61.5 Å². The third-order valence-electron chi connectivity index (χ3n) is 5.08. The molecule has 0 bridgehead atoms. The molecule has 30 heavy (non-hydrogen) atoms. The summed E-state index contributed by atoms with van der Waals surface area (Å²) >= 11 is 1.76. The summed E-state index contributed by atoms with van der Waals surface area (Å²) in [5.74, 6) is -0.535. The molecular formula is C20H23N7O2S. The van der Waals surface area contributed by atoms with E-state index in [0.29, 0.717) is 22.5 Å². The van der Waals surface area contributed by atoms with Crippen molar-refractivity contribution in [2.24, 2.45) is 4.99 Å². The van der Waals surface area contributed by atoms with Crippen LogP contribution in [0.25, 0.3) is 5.65 Å². The van der Waals surface area contributed by atoms with Crippen molar-refractivity contribution < 1.29 is 9.90 Å². The zero-order valence-corrected chi connectivity index (χ0v) is 17.3. The first-order valence-electron chi connectivity index (χ1n) is 9.59. The van der Waals surface area contributed by atoms with Crippen molar-refractivity contribution in [1.29, 1.82) is 0 Å². The average molecular weight is 426 g/mol. The Kier molecular flexibility index (Phi) is 5.86. The number of phenols is 1. The highest BCUT2D eigenvalue weighted by molar-refractivity contribution is 7.96. The third kappa shape index (κ3) is 4.24. The maximum absolute atomic E-state index is 12.7. The standard InChI is InChI=1S/C20H23N7O2S/c1-30-26-7-3-14(4-8-26)23-11-13-9-17(18(28)10-16(13)21)25-20(29)15-12-24-27-6-2-5-22-19(15)27/h2,5-6,9-12,14,28H,3-4,7-8,21H2,1H3,(H,25,29). The molecule has 1 aromatic carbocycles. The van der Waals surface area contributed by atoms with Gasteiger partial charge in [-0.25, -0.2) is 9.50 Å². The second kappa shape index (κ2) is 8.72. The fourth-order valence-corrected chi connectivity index (χ4v) is 3.95. The lowest BCUT2D eigenvalue weighted by molar-refractivity contribution is 0.102. The van der Waals surface area contributed by atoms with Crippen LogP contribution in [0.5, 0.6) is 5.75 Å². The van der Waals surface area contributed by atoms with E-state index in [1.54, 1.807) is 42.7 Å². The van der Waals surface area contributed by atoms with E-state index in [-0.39, 0.29) is 17.5 Å². The second-order valence-electron chi connectivity index (χ2n) is 7.02. The number of carbonyl (C=O) groups is 1. The van der Waals surface area contributed by atoms with Crippen molar-refractivity contribution in [3.05, 3.63) is 47.9 Å². The number of phenolic OH excluding ortho intramolecular Hbond substituents is 1. The molecule has 4 N–H and O–H groups in total. The summed E-state index contributed by atoms with van der Waals surface area (Å²) < 4.78 is 3.84. The minimum Gasteiger partial charge on any atom is -0.506 e. The number of hydrogen-bond donors (Lipinski definition) is 3. The average Bonchev–Trinajstić information content (AvgIpc) is 3.19. The van der Waals surface area contributed by atoms with Gasteiger partial charge in [0.2, 0.25) is 0 Å². The molecule has 0 unspecified atom stereocenters. The number of piperidine rings is 1. The van der Waals surface area contributed by atoms with Gasteiger partial charge in [-0.3, -0.25) is 14.1 Å². The van der Waals surface area contributed by atoms with E-state index in [1.807, 2.05) is 0 Å². The molecular weight excluding hydrogens is 402 g/mol. The number of amides is 1. The normalized spacial score (nSPS) is 15.8. The highest BCUT2D eigenvalue weighted by atomic mass is 32.2. The van der Waals surface area contributed by atoms with Crippen molar-refractivity contribution in [2.45, 2.75) is 18.9 Å². The zero-order valence-electron chi connectivity index (χ0n) is 16.5. The van der Waals surface area contributed by atoms with Crippen molar-refractivity contribution in [3.63, 3.8) is 0 Å². The topological polar surface area (TPSA) is 121 Å². The highest BCUT2D eigenvalue weighted by Gasteiger charge is 2.18. The quantitative estimate of drug-likeness (QED) is 0.248. The zero-order chi connectivity index (χ0) is 21.1. The molecule has 0 atom stereocenters. The van der Waals surface area contributed by atoms with Crippen LogP contribution in [0.4, 0.5) is 11.4 Å². The molecule has 2 aromatic heterocycles. The van der Waals surface area contributed by atoms with Crippen molar-refractivity contribution in [2.75, 3.05) is 30.4 Å². The number of fused-ring (bicyclic) bond motifs is 1. The van der Waals surface area contributed by atoms with Gasteiger partial charge in [-0.2, -0.15) is 5.10 Å². The van der Waals surface area contributed by atoms with E-state index in [0.717, 1.165) is 25.9 Å². The predicted octanol–water partition coefficient (Wildman–Crippen LogP) is 2.43. The lowest BCUT2D eigenvalue weighted by Crippen LogP contribution is -2.30. The fourth-order valence-electron chi connectivity index (χ4n) is 3.37. The molecule has 0 spiro atoms. The van der Waals surface area contributed by atoms with Gasteiger partial charge in [-0.05, 0) is 31.2 Å². The van der Waals surface area contributed by atoms with Crippen LogP contribution in [0.3, 0.4) is 0 Å². The predicted molar refractivity (Wildman–Crippen MR) is 119 cm³/mol. The summed E-state index contributed by atoms with van der Waals surface area (Å²) in [4.78, 5) is 21.6. The number of hydrogen-bond acceptors (Lipinski definition) is 8.